The molecule has 3 aromatic rings. The van der Waals surface area contributed by atoms with E-state index in [0.29, 0.717) is 17.2 Å². The van der Waals surface area contributed by atoms with E-state index in [1.165, 1.54) is 23.1 Å². The summed E-state index contributed by atoms with van der Waals surface area (Å²) >= 11 is 1.43. The quantitative estimate of drug-likeness (QED) is 0.482. The van der Waals surface area contributed by atoms with Crippen molar-refractivity contribution in [3.05, 3.63) is 64.7 Å². The molecular weight excluding hydrogens is 374 g/mol. The monoisotopic (exact) mass is 395 g/mol. The van der Waals surface area contributed by atoms with Crippen LogP contribution in [0.15, 0.2) is 52.9 Å². The number of ether oxygens (including phenoxy) is 2. The molecule has 0 fully saturated rings. The summed E-state index contributed by atoms with van der Waals surface area (Å²) in [7, 11) is 3.15. The largest absolute Gasteiger partial charge is 0.497 e. The number of nitrogens with one attached hydrogen (secondary N) is 1. The third-order valence-corrected chi connectivity index (χ3v) is 5.05. The molecule has 0 atom stereocenters. The van der Waals surface area contributed by atoms with E-state index >= 15 is 0 Å². The molecule has 7 heteroatoms. The highest BCUT2D eigenvalue weighted by Crippen LogP contribution is 2.25. The van der Waals surface area contributed by atoms with Crippen LogP contribution in [0.1, 0.15) is 28.5 Å². The van der Waals surface area contributed by atoms with Gasteiger partial charge >= 0.3 is 0 Å². The molecule has 144 valence electrons. The van der Waals surface area contributed by atoms with E-state index in [9.17, 15) is 4.79 Å². The van der Waals surface area contributed by atoms with Gasteiger partial charge in [-0.15, -0.1) is 11.3 Å². The van der Waals surface area contributed by atoms with Crippen molar-refractivity contribution < 1.29 is 14.3 Å². The lowest BCUT2D eigenvalue weighted by molar-refractivity contribution is 0.0951. The number of nitrogens with zero attached hydrogens (tertiary/aromatic N) is 2. The fraction of sp³-hybridized carbons (Fsp3) is 0.190. The zero-order chi connectivity index (χ0) is 19.9. The van der Waals surface area contributed by atoms with Crippen LogP contribution in [0.25, 0.3) is 10.6 Å². The van der Waals surface area contributed by atoms with E-state index in [-0.39, 0.29) is 5.91 Å². The van der Waals surface area contributed by atoms with Crippen LogP contribution in [0.4, 0.5) is 0 Å². The number of hydrogen-bond acceptors (Lipinski definition) is 6. The van der Waals surface area contributed by atoms with Gasteiger partial charge in [0, 0.05) is 22.6 Å². The maximum atomic E-state index is 12.3. The molecule has 28 heavy (non-hydrogen) atoms. The zero-order valence-corrected chi connectivity index (χ0v) is 16.7. The number of aromatic nitrogens is 1. The second kappa shape index (κ2) is 9.14. The predicted molar refractivity (Wildman–Crippen MR) is 112 cm³/mol. The Bertz CT molecular complexity index is 981. The van der Waals surface area contributed by atoms with Crippen LogP contribution >= 0.6 is 11.3 Å². The highest BCUT2D eigenvalue weighted by molar-refractivity contribution is 7.13. The molecule has 0 spiro atoms. The predicted octanol–water partition coefficient (Wildman–Crippen LogP) is 4.15. The van der Waals surface area contributed by atoms with Gasteiger partial charge in [-0.3, -0.25) is 4.79 Å². The molecule has 0 aliphatic rings. The summed E-state index contributed by atoms with van der Waals surface area (Å²) in [4.78, 5) is 16.7. The standard InChI is InChI=1S/C21H21N3O3S/c1-4-14-5-7-15(8-6-14)21-23-18(13-28-21)20(25)24-22-12-16-9-10-17(26-2)11-19(16)27-3/h5-13H,4H2,1-3H3,(H,24,25)/b22-12-. The van der Waals surface area contributed by atoms with Crippen molar-refractivity contribution in [2.75, 3.05) is 14.2 Å². The molecule has 0 saturated carbocycles. The van der Waals surface area contributed by atoms with Gasteiger partial charge in [0.25, 0.3) is 5.91 Å². The first-order valence-corrected chi connectivity index (χ1v) is 9.62. The molecule has 0 aliphatic carbocycles. The van der Waals surface area contributed by atoms with E-state index in [2.05, 4.69) is 34.6 Å². The second-order valence-electron chi connectivity index (χ2n) is 5.90. The maximum Gasteiger partial charge on any atom is 0.290 e. The molecule has 0 bridgehead atoms. The van der Waals surface area contributed by atoms with Crippen LogP contribution in [0.2, 0.25) is 0 Å². The summed E-state index contributed by atoms with van der Waals surface area (Å²) in [6.45, 7) is 2.11. The Morgan fingerprint density at radius 1 is 1.18 bits per heavy atom. The molecule has 1 heterocycles. The molecule has 6 nitrogen and oxygen atoms in total. The van der Waals surface area contributed by atoms with Gasteiger partial charge in [0.1, 0.15) is 22.2 Å². The molecular formula is C21H21N3O3S. The third-order valence-electron chi connectivity index (χ3n) is 4.16. The minimum absolute atomic E-state index is 0.332. The zero-order valence-electron chi connectivity index (χ0n) is 15.9. The average molecular weight is 395 g/mol. The number of carbonyl (C=O) groups excluding carboxylic acids is 1. The first-order valence-electron chi connectivity index (χ1n) is 8.75. The van der Waals surface area contributed by atoms with E-state index in [1.807, 2.05) is 12.1 Å². The molecule has 1 aromatic heterocycles. The summed E-state index contributed by atoms with van der Waals surface area (Å²) in [5.74, 6) is 0.917. The van der Waals surface area contributed by atoms with Crippen molar-refractivity contribution >= 4 is 23.5 Å². The van der Waals surface area contributed by atoms with Crippen LogP contribution in [0.5, 0.6) is 11.5 Å². The minimum Gasteiger partial charge on any atom is -0.497 e. The van der Waals surface area contributed by atoms with Gasteiger partial charge in [0.05, 0.1) is 20.4 Å². The Balaban J connectivity index is 1.67. The first kappa shape index (κ1) is 19.6. The fourth-order valence-corrected chi connectivity index (χ4v) is 3.34. The van der Waals surface area contributed by atoms with Gasteiger partial charge in [-0.2, -0.15) is 5.10 Å². The number of benzene rings is 2. The highest BCUT2D eigenvalue weighted by atomic mass is 32.1. The molecule has 2 aromatic carbocycles. The summed E-state index contributed by atoms with van der Waals surface area (Å²) < 4.78 is 10.5. The lowest BCUT2D eigenvalue weighted by Crippen LogP contribution is -2.18. The van der Waals surface area contributed by atoms with Crippen LogP contribution in [0.3, 0.4) is 0 Å². The minimum atomic E-state index is -0.364. The number of aryl methyl sites for hydroxylation is 1. The van der Waals surface area contributed by atoms with Gasteiger partial charge in [-0.25, -0.2) is 10.4 Å². The lowest BCUT2D eigenvalue weighted by atomic mass is 10.1. The van der Waals surface area contributed by atoms with E-state index in [4.69, 9.17) is 9.47 Å². The van der Waals surface area contributed by atoms with Crippen molar-refractivity contribution in [3.63, 3.8) is 0 Å². The molecule has 3 rings (SSSR count). The van der Waals surface area contributed by atoms with Gasteiger partial charge in [0.15, 0.2) is 0 Å². The van der Waals surface area contributed by atoms with Crippen LogP contribution in [-0.2, 0) is 6.42 Å². The summed E-state index contributed by atoms with van der Waals surface area (Å²) in [6, 6.07) is 13.5. The molecule has 0 aliphatic heterocycles. The summed E-state index contributed by atoms with van der Waals surface area (Å²) in [5.41, 5.74) is 5.81. The Morgan fingerprint density at radius 3 is 2.64 bits per heavy atom. The average Bonchev–Trinajstić information content (AvgIpc) is 3.24. The van der Waals surface area contributed by atoms with Crippen LogP contribution in [-0.4, -0.2) is 31.3 Å². The van der Waals surface area contributed by atoms with Crippen LogP contribution in [0, 0.1) is 0 Å². The Hall–Kier alpha value is -3.19. The Labute approximate surface area is 167 Å². The molecule has 0 radical (unpaired) electrons. The topological polar surface area (TPSA) is 72.8 Å². The number of thiazole rings is 1. The normalized spacial score (nSPS) is 10.8. The fourth-order valence-electron chi connectivity index (χ4n) is 2.54. The number of hydrazone groups is 1. The Morgan fingerprint density at radius 2 is 1.96 bits per heavy atom. The van der Waals surface area contributed by atoms with Crippen molar-refractivity contribution in [3.8, 4) is 22.1 Å². The highest BCUT2D eigenvalue weighted by Gasteiger charge is 2.11. The molecule has 1 N–H and O–H groups in total. The van der Waals surface area contributed by atoms with Crippen LogP contribution < -0.4 is 14.9 Å². The second-order valence-corrected chi connectivity index (χ2v) is 6.75. The number of rotatable bonds is 7. The third kappa shape index (κ3) is 4.55. The van der Waals surface area contributed by atoms with Crippen molar-refractivity contribution in [1.82, 2.24) is 10.4 Å². The maximum absolute atomic E-state index is 12.3. The van der Waals surface area contributed by atoms with E-state index in [1.54, 1.807) is 37.8 Å². The van der Waals surface area contributed by atoms with E-state index in [0.717, 1.165) is 22.6 Å². The first-order chi connectivity index (χ1) is 13.6. The smallest absolute Gasteiger partial charge is 0.290 e. The molecule has 0 saturated heterocycles. The Kier molecular flexibility index (Phi) is 6.39. The summed E-state index contributed by atoms with van der Waals surface area (Å²) in [5, 5.41) is 6.53. The van der Waals surface area contributed by atoms with Crippen molar-refractivity contribution in [2.45, 2.75) is 13.3 Å². The van der Waals surface area contributed by atoms with E-state index < -0.39 is 0 Å². The van der Waals surface area contributed by atoms with Crippen molar-refractivity contribution in [1.29, 1.82) is 0 Å². The number of methoxy groups -OCH3 is 2. The number of carbonyl (C=O) groups is 1. The van der Waals surface area contributed by atoms with Crippen molar-refractivity contribution in [2.24, 2.45) is 5.10 Å². The number of amides is 1. The summed E-state index contributed by atoms with van der Waals surface area (Å²) in [6.07, 6.45) is 2.51. The lowest BCUT2D eigenvalue weighted by Gasteiger charge is -2.06. The molecule has 1 amide bonds. The van der Waals surface area contributed by atoms with Gasteiger partial charge in [0.2, 0.25) is 0 Å². The number of hydrogen-bond donors (Lipinski definition) is 1. The SMILES string of the molecule is CCc1ccc(-c2nc(C(=O)N/N=C\c3ccc(OC)cc3OC)cs2)cc1. The van der Waals surface area contributed by atoms with Gasteiger partial charge in [-0.05, 0) is 24.1 Å². The van der Waals surface area contributed by atoms with Gasteiger partial charge < -0.3 is 9.47 Å². The van der Waals surface area contributed by atoms with Gasteiger partial charge in [-0.1, -0.05) is 31.2 Å². The molecule has 0 unspecified atom stereocenters.